The molecule has 0 aliphatic carbocycles. The number of carbonyl (C=O) groups excluding carboxylic acids is 1. The minimum Gasteiger partial charge on any atom is -0.504 e. The van der Waals surface area contributed by atoms with Gasteiger partial charge in [0.25, 0.3) is 5.91 Å². The molecule has 4 nitrogen and oxygen atoms in total. The molecule has 0 aliphatic rings. The highest BCUT2D eigenvalue weighted by Gasteiger charge is 2.09. The predicted octanol–water partition coefficient (Wildman–Crippen LogP) is 3.66. The van der Waals surface area contributed by atoms with Crippen LogP contribution >= 0.6 is 23.2 Å². The Morgan fingerprint density at radius 1 is 0.947 bits per heavy atom. The first-order chi connectivity index (χ1) is 8.95. The van der Waals surface area contributed by atoms with Gasteiger partial charge in [-0.3, -0.25) is 4.79 Å². The minimum atomic E-state index is -0.450. The second kappa shape index (κ2) is 5.38. The van der Waals surface area contributed by atoms with Gasteiger partial charge in [-0.15, -0.1) is 0 Å². The lowest BCUT2D eigenvalue weighted by Gasteiger charge is -2.07. The summed E-state index contributed by atoms with van der Waals surface area (Å²) in [4.78, 5) is 11.9. The van der Waals surface area contributed by atoms with Crippen LogP contribution in [0.2, 0.25) is 10.0 Å². The SMILES string of the molecule is O=C(Nc1cc(Cl)cc(Cl)c1)c1ccc(O)c(O)c1. The highest BCUT2D eigenvalue weighted by Crippen LogP contribution is 2.26. The van der Waals surface area contributed by atoms with E-state index in [4.69, 9.17) is 23.2 Å². The Bertz CT molecular complexity index is 624. The van der Waals surface area contributed by atoms with E-state index in [0.717, 1.165) is 6.07 Å². The number of benzene rings is 2. The number of nitrogens with one attached hydrogen (secondary N) is 1. The summed E-state index contributed by atoms with van der Waals surface area (Å²) >= 11 is 11.6. The number of carbonyl (C=O) groups is 1. The van der Waals surface area contributed by atoms with E-state index in [1.54, 1.807) is 18.2 Å². The average Bonchev–Trinajstić information content (AvgIpc) is 2.31. The van der Waals surface area contributed by atoms with Gasteiger partial charge in [0.05, 0.1) is 0 Å². The molecule has 2 aromatic rings. The topological polar surface area (TPSA) is 69.6 Å². The summed E-state index contributed by atoms with van der Waals surface area (Å²) < 4.78 is 0. The monoisotopic (exact) mass is 297 g/mol. The standard InChI is InChI=1S/C13H9Cl2NO3/c14-8-4-9(15)6-10(5-8)16-13(19)7-1-2-11(17)12(18)3-7/h1-6,17-18H,(H,16,19). The number of hydrogen-bond donors (Lipinski definition) is 3. The van der Waals surface area contributed by atoms with Crippen LogP contribution < -0.4 is 5.32 Å². The second-order valence-electron chi connectivity index (χ2n) is 3.82. The van der Waals surface area contributed by atoms with Gasteiger partial charge in [0.2, 0.25) is 0 Å². The average molecular weight is 298 g/mol. The van der Waals surface area contributed by atoms with Crippen LogP contribution in [0.1, 0.15) is 10.4 Å². The summed E-state index contributed by atoms with van der Waals surface area (Å²) in [7, 11) is 0. The van der Waals surface area contributed by atoms with Crippen molar-refractivity contribution in [1.82, 2.24) is 0 Å². The first-order valence-corrected chi connectivity index (χ1v) is 6.01. The summed E-state index contributed by atoms with van der Waals surface area (Å²) in [5.74, 6) is -1.10. The number of halogens is 2. The molecule has 0 heterocycles. The van der Waals surface area contributed by atoms with E-state index in [2.05, 4.69) is 5.32 Å². The van der Waals surface area contributed by atoms with Crippen molar-refractivity contribution in [3.05, 3.63) is 52.0 Å². The number of phenolic OH excluding ortho intramolecular Hbond substituents is 2. The van der Waals surface area contributed by atoms with E-state index in [1.807, 2.05) is 0 Å². The van der Waals surface area contributed by atoms with E-state index in [0.29, 0.717) is 15.7 Å². The van der Waals surface area contributed by atoms with Crippen LogP contribution in [0.25, 0.3) is 0 Å². The predicted molar refractivity (Wildman–Crippen MR) is 74.2 cm³/mol. The van der Waals surface area contributed by atoms with Crippen LogP contribution in [0.5, 0.6) is 11.5 Å². The quantitative estimate of drug-likeness (QED) is 0.741. The van der Waals surface area contributed by atoms with Crippen molar-refractivity contribution in [3.63, 3.8) is 0 Å². The fourth-order valence-electron chi connectivity index (χ4n) is 1.49. The Hall–Kier alpha value is -1.91. The molecule has 0 radical (unpaired) electrons. The van der Waals surface area contributed by atoms with Crippen LogP contribution in [0.3, 0.4) is 0 Å². The summed E-state index contributed by atoms with van der Waals surface area (Å²) in [5, 5.41) is 21.9. The zero-order valence-corrected chi connectivity index (χ0v) is 11.0. The number of aromatic hydroxyl groups is 2. The van der Waals surface area contributed by atoms with Crippen LogP contribution in [-0.4, -0.2) is 16.1 Å². The van der Waals surface area contributed by atoms with Crippen molar-refractivity contribution < 1.29 is 15.0 Å². The van der Waals surface area contributed by atoms with E-state index >= 15 is 0 Å². The molecule has 0 fully saturated rings. The Kier molecular flexibility index (Phi) is 3.83. The molecule has 3 N–H and O–H groups in total. The van der Waals surface area contributed by atoms with Gasteiger partial charge in [0, 0.05) is 21.3 Å². The number of rotatable bonds is 2. The molecular weight excluding hydrogens is 289 g/mol. The minimum absolute atomic E-state index is 0.200. The first kappa shape index (κ1) is 13.5. The maximum Gasteiger partial charge on any atom is 0.255 e. The van der Waals surface area contributed by atoms with Crippen LogP contribution in [0.4, 0.5) is 5.69 Å². The van der Waals surface area contributed by atoms with Crippen LogP contribution in [-0.2, 0) is 0 Å². The molecule has 6 heteroatoms. The highest BCUT2D eigenvalue weighted by molar-refractivity contribution is 6.35. The summed E-state index contributed by atoms with van der Waals surface area (Å²) in [6.07, 6.45) is 0. The van der Waals surface area contributed by atoms with Crippen molar-refractivity contribution in [2.75, 3.05) is 5.32 Å². The Morgan fingerprint density at radius 3 is 2.16 bits per heavy atom. The molecule has 98 valence electrons. The molecule has 0 aliphatic heterocycles. The fraction of sp³-hybridized carbons (Fsp3) is 0. The van der Waals surface area contributed by atoms with Gasteiger partial charge >= 0.3 is 0 Å². The molecule has 19 heavy (non-hydrogen) atoms. The molecule has 0 spiro atoms. The van der Waals surface area contributed by atoms with E-state index in [-0.39, 0.29) is 17.1 Å². The van der Waals surface area contributed by atoms with Gasteiger partial charge in [-0.05, 0) is 36.4 Å². The molecule has 2 rings (SSSR count). The van der Waals surface area contributed by atoms with Crippen LogP contribution in [0.15, 0.2) is 36.4 Å². The molecule has 0 saturated heterocycles. The smallest absolute Gasteiger partial charge is 0.255 e. The Balaban J connectivity index is 2.22. The lowest BCUT2D eigenvalue weighted by molar-refractivity contribution is 0.102. The van der Waals surface area contributed by atoms with Gasteiger partial charge in [0.1, 0.15) is 0 Å². The van der Waals surface area contributed by atoms with Crippen molar-refractivity contribution in [1.29, 1.82) is 0 Å². The van der Waals surface area contributed by atoms with E-state index < -0.39 is 5.91 Å². The van der Waals surface area contributed by atoms with E-state index in [1.165, 1.54) is 12.1 Å². The zero-order valence-electron chi connectivity index (χ0n) is 9.52. The van der Waals surface area contributed by atoms with Crippen molar-refractivity contribution in [2.24, 2.45) is 0 Å². The van der Waals surface area contributed by atoms with Gasteiger partial charge in [0.15, 0.2) is 11.5 Å². The van der Waals surface area contributed by atoms with Crippen molar-refractivity contribution in [3.8, 4) is 11.5 Å². The summed E-state index contributed by atoms with van der Waals surface area (Å²) in [6, 6.07) is 8.42. The third-order valence-electron chi connectivity index (χ3n) is 2.36. The van der Waals surface area contributed by atoms with Crippen LogP contribution in [0, 0.1) is 0 Å². The third-order valence-corrected chi connectivity index (χ3v) is 2.79. The molecule has 0 saturated carbocycles. The maximum absolute atomic E-state index is 11.9. The third kappa shape index (κ3) is 3.30. The van der Waals surface area contributed by atoms with Crippen molar-refractivity contribution >= 4 is 34.8 Å². The molecular formula is C13H9Cl2NO3. The Morgan fingerprint density at radius 2 is 1.58 bits per heavy atom. The zero-order chi connectivity index (χ0) is 14.0. The molecule has 2 aromatic carbocycles. The Labute approximate surface area is 119 Å². The lowest BCUT2D eigenvalue weighted by atomic mass is 10.2. The van der Waals surface area contributed by atoms with Crippen molar-refractivity contribution in [2.45, 2.75) is 0 Å². The number of amides is 1. The van der Waals surface area contributed by atoms with E-state index in [9.17, 15) is 15.0 Å². The molecule has 0 atom stereocenters. The molecule has 0 aromatic heterocycles. The number of anilines is 1. The van der Waals surface area contributed by atoms with Gasteiger partial charge in [-0.25, -0.2) is 0 Å². The summed E-state index contributed by atoms with van der Waals surface area (Å²) in [6.45, 7) is 0. The first-order valence-electron chi connectivity index (χ1n) is 5.25. The normalized spacial score (nSPS) is 10.2. The largest absolute Gasteiger partial charge is 0.504 e. The maximum atomic E-state index is 11.9. The molecule has 0 bridgehead atoms. The number of hydrogen-bond acceptors (Lipinski definition) is 3. The highest BCUT2D eigenvalue weighted by atomic mass is 35.5. The fourth-order valence-corrected chi connectivity index (χ4v) is 2.02. The van der Waals surface area contributed by atoms with Gasteiger partial charge < -0.3 is 15.5 Å². The van der Waals surface area contributed by atoms with Gasteiger partial charge in [-0.1, -0.05) is 23.2 Å². The summed E-state index contributed by atoms with van der Waals surface area (Å²) in [5.41, 5.74) is 0.640. The van der Waals surface area contributed by atoms with Gasteiger partial charge in [-0.2, -0.15) is 0 Å². The lowest BCUT2D eigenvalue weighted by Crippen LogP contribution is -2.11. The number of phenols is 2. The second-order valence-corrected chi connectivity index (χ2v) is 4.69. The molecule has 0 unspecified atom stereocenters. The molecule has 1 amide bonds.